The summed E-state index contributed by atoms with van der Waals surface area (Å²) in [7, 11) is -3.69. The molecule has 0 atom stereocenters. The summed E-state index contributed by atoms with van der Waals surface area (Å²) in [5.74, 6) is -0.655. The van der Waals surface area contributed by atoms with E-state index in [4.69, 9.17) is 5.73 Å². The summed E-state index contributed by atoms with van der Waals surface area (Å²) in [5.41, 5.74) is 5.45. The molecule has 1 aromatic heterocycles. The predicted molar refractivity (Wildman–Crippen MR) is 64.8 cm³/mol. The Hall–Kier alpha value is -1.05. The van der Waals surface area contributed by atoms with Crippen LogP contribution >= 0.6 is 0 Å². The van der Waals surface area contributed by atoms with Gasteiger partial charge in [0.15, 0.2) is 0 Å². The third kappa shape index (κ3) is 2.52. The number of nitrogens with zero attached hydrogens (tertiary/aromatic N) is 2. The molecule has 1 aromatic rings. The van der Waals surface area contributed by atoms with E-state index in [9.17, 15) is 12.8 Å². The Labute approximate surface area is 106 Å². The second-order valence-electron chi connectivity index (χ2n) is 4.33. The van der Waals surface area contributed by atoms with Crippen LogP contribution in [0.1, 0.15) is 19.3 Å². The monoisotopic (exact) mass is 273 g/mol. The van der Waals surface area contributed by atoms with Crippen molar-refractivity contribution in [3.8, 4) is 0 Å². The quantitative estimate of drug-likeness (QED) is 0.857. The van der Waals surface area contributed by atoms with Gasteiger partial charge in [0.25, 0.3) is 0 Å². The van der Waals surface area contributed by atoms with E-state index in [1.54, 1.807) is 0 Å². The Morgan fingerprint density at radius 3 is 2.67 bits per heavy atom. The molecule has 0 spiro atoms. The van der Waals surface area contributed by atoms with Gasteiger partial charge < -0.3 is 5.73 Å². The number of hydrogen-bond donors (Lipinski definition) is 1. The standard InChI is InChI=1S/C11H16FN3O2S/c12-9-6-11(8-14-7-9)18(16,17)15(5-4-13)10-2-1-3-10/h6-8,10H,1-5,13H2. The van der Waals surface area contributed by atoms with Crippen molar-refractivity contribution in [2.45, 2.75) is 30.2 Å². The summed E-state index contributed by atoms with van der Waals surface area (Å²) in [6, 6.07) is 0.978. The van der Waals surface area contributed by atoms with E-state index in [2.05, 4.69) is 4.98 Å². The van der Waals surface area contributed by atoms with Crippen molar-refractivity contribution in [3.63, 3.8) is 0 Å². The van der Waals surface area contributed by atoms with Crippen molar-refractivity contribution in [2.24, 2.45) is 5.73 Å². The fourth-order valence-electron chi connectivity index (χ4n) is 1.97. The predicted octanol–water partition coefficient (Wildman–Crippen LogP) is 0.723. The first-order chi connectivity index (χ1) is 8.55. The molecule has 0 radical (unpaired) electrons. The fraction of sp³-hybridized carbons (Fsp3) is 0.545. The molecule has 1 fully saturated rings. The average molecular weight is 273 g/mol. The van der Waals surface area contributed by atoms with Gasteiger partial charge in [-0.15, -0.1) is 0 Å². The molecular weight excluding hydrogens is 257 g/mol. The maximum absolute atomic E-state index is 13.1. The van der Waals surface area contributed by atoms with Gasteiger partial charge in [-0.25, -0.2) is 12.8 Å². The first-order valence-corrected chi connectivity index (χ1v) is 7.32. The van der Waals surface area contributed by atoms with Gasteiger partial charge in [0.05, 0.1) is 6.20 Å². The van der Waals surface area contributed by atoms with E-state index >= 15 is 0 Å². The lowest BCUT2D eigenvalue weighted by molar-refractivity contribution is 0.223. The number of aromatic nitrogens is 1. The molecule has 0 bridgehead atoms. The van der Waals surface area contributed by atoms with E-state index in [-0.39, 0.29) is 24.0 Å². The molecule has 0 aromatic carbocycles. The van der Waals surface area contributed by atoms with Crippen molar-refractivity contribution >= 4 is 10.0 Å². The van der Waals surface area contributed by atoms with E-state index in [0.717, 1.165) is 31.5 Å². The molecular formula is C11H16FN3O2S. The number of halogens is 1. The fourth-order valence-corrected chi connectivity index (χ4v) is 3.65. The average Bonchev–Trinajstić information content (AvgIpc) is 2.26. The zero-order chi connectivity index (χ0) is 13.2. The van der Waals surface area contributed by atoms with E-state index in [1.165, 1.54) is 10.5 Å². The number of nitrogens with two attached hydrogens (primary N) is 1. The molecule has 1 aliphatic rings. The van der Waals surface area contributed by atoms with Crippen LogP contribution in [-0.4, -0.2) is 36.8 Å². The van der Waals surface area contributed by atoms with Crippen molar-refractivity contribution in [1.29, 1.82) is 0 Å². The minimum absolute atomic E-state index is 0.0122. The molecule has 1 aliphatic carbocycles. The van der Waals surface area contributed by atoms with E-state index in [0.29, 0.717) is 0 Å². The highest BCUT2D eigenvalue weighted by molar-refractivity contribution is 7.89. The highest BCUT2D eigenvalue weighted by Crippen LogP contribution is 2.29. The van der Waals surface area contributed by atoms with Crippen LogP contribution in [0.3, 0.4) is 0 Å². The third-order valence-corrected chi connectivity index (χ3v) is 5.03. The van der Waals surface area contributed by atoms with Crippen LogP contribution in [0.15, 0.2) is 23.4 Å². The summed E-state index contributed by atoms with van der Waals surface area (Å²) < 4.78 is 39.2. The molecule has 0 saturated heterocycles. The number of pyridine rings is 1. The van der Waals surface area contributed by atoms with Gasteiger partial charge in [0.1, 0.15) is 10.7 Å². The topological polar surface area (TPSA) is 76.3 Å². The maximum atomic E-state index is 13.1. The zero-order valence-corrected chi connectivity index (χ0v) is 10.7. The van der Waals surface area contributed by atoms with Gasteiger partial charge >= 0.3 is 0 Å². The molecule has 2 N–H and O–H groups in total. The van der Waals surface area contributed by atoms with Gasteiger partial charge in [0, 0.05) is 25.3 Å². The summed E-state index contributed by atoms with van der Waals surface area (Å²) in [5, 5.41) is 0. The summed E-state index contributed by atoms with van der Waals surface area (Å²) in [6.07, 6.45) is 4.84. The molecule has 2 rings (SSSR count). The Balaban J connectivity index is 2.32. The van der Waals surface area contributed by atoms with Crippen LogP contribution < -0.4 is 5.73 Å². The van der Waals surface area contributed by atoms with Gasteiger partial charge in [-0.1, -0.05) is 6.42 Å². The summed E-state index contributed by atoms with van der Waals surface area (Å²) in [4.78, 5) is 3.48. The largest absolute Gasteiger partial charge is 0.329 e. The van der Waals surface area contributed by atoms with E-state index in [1.807, 2.05) is 0 Å². The van der Waals surface area contributed by atoms with Crippen LogP contribution in [0.4, 0.5) is 4.39 Å². The lowest BCUT2D eigenvalue weighted by atomic mass is 9.93. The normalized spacial score (nSPS) is 16.8. The molecule has 0 aliphatic heterocycles. The maximum Gasteiger partial charge on any atom is 0.245 e. The summed E-state index contributed by atoms with van der Waals surface area (Å²) >= 11 is 0. The number of sulfonamides is 1. The van der Waals surface area contributed by atoms with Gasteiger partial charge in [-0.2, -0.15) is 4.31 Å². The highest BCUT2D eigenvalue weighted by Gasteiger charge is 2.34. The smallest absolute Gasteiger partial charge is 0.245 e. The molecule has 7 heteroatoms. The van der Waals surface area contributed by atoms with Crippen molar-refractivity contribution in [2.75, 3.05) is 13.1 Å². The highest BCUT2D eigenvalue weighted by atomic mass is 32.2. The number of rotatable bonds is 5. The third-order valence-electron chi connectivity index (χ3n) is 3.12. The molecule has 0 amide bonds. The number of hydrogen-bond acceptors (Lipinski definition) is 4. The molecule has 0 unspecified atom stereocenters. The van der Waals surface area contributed by atoms with Crippen molar-refractivity contribution in [1.82, 2.24) is 9.29 Å². The van der Waals surface area contributed by atoms with Gasteiger partial charge in [-0.3, -0.25) is 4.98 Å². The van der Waals surface area contributed by atoms with Crippen LogP contribution in [0.2, 0.25) is 0 Å². The minimum Gasteiger partial charge on any atom is -0.329 e. The first kappa shape index (κ1) is 13.4. The van der Waals surface area contributed by atoms with Gasteiger partial charge in [-0.05, 0) is 18.9 Å². The van der Waals surface area contributed by atoms with Gasteiger partial charge in [0.2, 0.25) is 10.0 Å². The molecule has 1 saturated carbocycles. The van der Waals surface area contributed by atoms with Crippen LogP contribution in [0, 0.1) is 5.82 Å². The Bertz CT molecular complexity index is 517. The van der Waals surface area contributed by atoms with Crippen LogP contribution in [-0.2, 0) is 10.0 Å². The molecule has 5 nitrogen and oxygen atoms in total. The van der Waals surface area contributed by atoms with Crippen molar-refractivity contribution < 1.29 is 12.8 Å². The van der Waals surface area contributed by atoms with Crippen LogP contribution in [0.25, 0.3) is 0 Å². The second kappa shape index (κ2) is 5.29. The zero-order valence-electron chi connectivity index (χ0n) is 9.92. The Morgan fingerprint density at radius 2 is 2.17 bits per heavy atom. The Kier molecular flexibility index (Phi) is 3.94. The van der Waals surface area contributed by atoms with E-state index < -0.39 is 15.8 Å². The molecule has 100 valence electrons. The van der Waals surface area contributed by atoms with Crippen LogP contribution in [0.5, 0.6) is 0 Å². The van der Waals surface area contributed by atoms with Crippen molar-refractivity contribution in [3.05, 3.63) is 24.3 Å². The first-order valence-electron chi connectivity index (χ1n) is 5.88. The SMILES string of the molecule is NCCN(C1CCC1)S(=O)(=O)c1cncc(F)c1. The Morgan fingerprint density at radius 1 is 1.44 bits per heavy atom. The lowest BCUT2D eigenvalue weighted by Gasteiger charge is -2.36. The lowest BCUT2D eigenvalue weighted by Crippen LogP contribution is -2.46. The summed E-state index contributed by atoms with van der Waals surface area (Å²) in [6.45, 7) is 0.502. The molecule has 18 heavy (non-hydrogen) atoms. The minimum atomic E-state index is -3.69. The second-order valence-corrected chi connectivity index (χ2v) is 6.22. The molecule has 1 heterocycles.